The molecule has 0 spiro atoms. The van der Waals surface area contributed by atoms with Crippen molar-refractivity contribution in [2.24, 2.45) is 11.8 Å². The van der Waals surface area contributed by atoms with E-state index in [0.29, 0.717) is 23.3 Å². The highest BCUT2D eigenvalue weighted by Gasteiger charge is 2.48. The Labute approximate surface area is 149 Å². The number of amides is 2. The molecule has 0 radical (unpaired) electrons. The average Bonchev–Trinajstić information content (AvgIpc) is 3.43. The van der Waals surface area contributed by atoms with Gasteiger partial charge in [0.2, 0.25) is 11.8 Å². The van der Waals surface area contributed by atoms with Crippen LogP contribution in [-0.4, -0.2) is 16.8 Å². The van der Waals surface area contributed by atoms with Gasteiger partial charge in [0.25, 0.3) is 0 Å². The SMILES string of the molecule is O=C(Nc1cccc(F)c1)C1CC1C(=O)Nc1cccc2cccnc12. The summed E-state index contributed by atoms with van der Waals surface area (Å²) in [5, 5.41) is 6.45. The van der Waals surface area contributed by atoms with E-state index in [4.69, 9.17) is 0 Å². The van der Waals surface area contributed by atoms with Crippen molar-refractivity contribution in [1.82, 2.24) is 4.98 Å². The fourth-order valence-electron chi connectivity index (χ4n) is 3.01. The first kappa shape index (κ1) is 16.2. The molecular formula is C20H16FN3O2. The first-order valence-electron chi connectivity index (χ1n) is 8.33. The van der Waals surface area contributed by atoms with Gasteiger partial charge in [-0.2, -0.15) is 0 Å². The lowest BCUT2D eigenvalue weighted by atomic mass is 10.2. The summed E-state index contributed by atoms with van der Waals surface area (Å²) in [6.07, 6.45) is 2.15. The Morgan fingerprint density at radius 3 is 2.50 bits per heavy atom. The standard InChI is InChI=1S/C20H16FN3O2/c21-13-6-2-7-14(10-13)23-19(25)15-11-16(15)20(26)24-17-8-1-4-12-5-3-9-22-18(12)17/h1-10,15-16H,11H2,(H,23,25)(H,24,26). The maximum Gasteiger partial charge on any atom is 0.228 e. The first-order chi connectivity index (χ1) is 12.6. The molecule has 0 aliphatic heterocycles. The van der Waals surface area contributed by atoms with E-state index < -0.39 is 11.7 Å². The number of carbonyl (C=O) groups excluding carboxylic acids is 2. The van der Waals surface area contributed by atoms with E-state index >= 15 is 0 Å². The number of aromatic nitrogens is 1. The van der Waals surface area contributed by atoms with Crippen LogP contribution in [0.2, 0.25) is 0 Å². The number of carbonyl (C=O) groups is 2. The molecule has 2 atom stereocenters. The lowest BCUT2D eigenvalue weighted by Gasteiger charge is -2.08. The Bertz CT molecular complexity index is 1000. The molecule has 3 aromatic rings. The number of nitrogens with zero attached hydrogens (tertiary/aromatic N) is 1. The fraction of sp³-hybridized carbons (Fsp3) is 0.150. The van der Waals surface area contributed by atoms with Crippen LogP contribution >= 0.6 is 0 Å². The molecule has 5 nitrogen and oxygen atoms in total. The van der Waals surface area contributed by atoms with Crippen molar-refractivity contribution >= 4 is 34.1 Å². The number of hydrogen-bond acceptors (Lipinski definition) is 3. The first-order valence-corrected chi connectivity index (χ1v) is 8.33. The van der Waals surface area contributed by atoms with Crippen LogP contribution in [-0.2, 0) is 9.59 Å². The van der Waals surface area contributed by atoms with Crippen molar-refractivity contribution in [3.63, 3.8) is 0 Å². The lowest BCUT2D eigenvalue weighted by molar-refractivity contribution is -0.122. The van der Waals surface area contributed by atoms with Crippen LogP contribution < -0.4 is 10.6 Å². The summed E-state index contributed by atoms with van der Waals surface area (Å²) in [5.41, 5.74) is 1.73. The Balaban J connectivity index is 1.41. The van der Waals surface area contributed by atoms with E-state index in [-0.39, 0.29) is 17.7 Å². The maximum absolute atomic E-state index is 13.2. The molecule has 0 saturated heterocycles. The summed E-state index contributed by atoms with van der Waals surface area (Å²) < 4.78 is 13.2. The normalized spacial score (nSPS) is 18.3. The molecule has 1 heterocycles. The molecule has 1 aromatic heterocycles. The van der Waals surface area contributed by atoms with Crippen LogP contribution in [0.1, 0.15) is 6.42 Å². The summed E-state index contributed by atoms with van der Waals surface area (Å²) in [7, 11) is 0. The number of nitrogens with one attached hydrogen (secondary N) is 2. The van der Waals surface area contributed by atoms with Gasteiger partial charge >= 0.3 is 0 Å². The van der Waals surface area contributed by atoms with Crippen molar-refractivity contribution in [3.8, 4) is 0 Å². The Morgan fingerprint density at radius 1 is 0.962 bits per heavy atom. The molecule has 1 aliphatic rings. The van der Waals surface area contributed by atoms with E-state index in [0.717, 1.165) is 5.39 Å². The number of anilines is 2. The smallest absolute Gasteiger partial charge is 0.228 e. The number of fused-ring (bicyclic) bond motifs is 1. The molecule has 4 rings (SSSR count). The minimum atomic E-state index is -0.420. The van der Waals surface area contributed by atoms with Gasteiger partial charge in [-0.15, -0.1) is 0 Å². The van der Waals surface area contributed by atoms with Crippen LogP contribution in [0.25, 0.3) is 10.9 Å². The zero-order valence-electron chi connectivity index (χ0n) is 13.8. The monoisotopic (exact) mass is 349 g/mol. The van der Waals surface area contributed by atoms with Crippen LogP contribution in [0.3, 0.4) is 0 Å². The second-order valence-corrected chi connectivity index (χ2v) is 6.32. The number of rotatable bonds is 4. The number of para-hydroxylation sites is 1. The second-order valence-electron chi connectivity index (χ2n) is 6.32. The molecule has 0 bridgehead atoms. The molecule has 6 heteroatoms. The van der Waals surface area contributed by atoms with Crippen LogP contribution in [0.5, 0.6) is 0 Å². The molecule has 2 N–H and O–H groups in total. The Morgan fingerprint density at radius 2 is 1.69 bits per heavy atom. The topological polar surface area (TPSA) is 71.1 Å². The van der Waals surface area contributed by atoms with Crippen molar-refractivity contribution < 1.29 is 14.0 Å². The van der Waals surface area contributed by atoms with E-state index in [1.165, 1.54) is 18.2 Å². The summed E-state index contributed by atoms with van der Waals surface area (Å²) >= 11 is 0. The highest BCUT2D eigenvalue weighted by atomic mass is 19.1. The van der Waals surface area contributed by atoms with E-state index in [2.05, 4.69) is 15.6 Å². The molecule has 2 unspecified atom stereocenters. The molecule has 1 saturated carbocycles. The summed E-state index contributed by atoms with van der Waals surface area (Å²) in [5.74, 6) is -1.69. The van der Waals surface area contributed by atoms with Gasteiger partial charge in [-0.05, 0) is 36.8 Å². The van der Waals surface area contributed by atoms with Crippen LogP contribution in [0.4, 0.5) is 15.8 Å². The van der Waals surface area contributed by atoms with Gasteiger partial charge in [0.15, 0.2) is 0 Å². The molecule has 2 aromatic carbocycles. The summed E-state index contributed by atoms with van der Waals surface area (Å²) in [4.78, 5) is 29.0. The van der Waals surface area contributed by atoms with Crippen molar-refractivity contribution in [1.29, 1.82) is 0 Å². The molecule has 26 heavy (non-hydrogen) atoms. The second kappa shape index (κ2) is 6.55. The quantitative estimate of drug-likeness (QED) is 0.756. The highest BCUT2D eigenvalue weighted by molar-refractivity contribution is 6.06. The third-order valence-corrected chi connectivity index (χ3v) is 4.45. The highest BCUT2D eigenvalue weighted by Crippen LogP contribution is 2.40. The van der Waals surface area contributed by atoms with Gasteiger partial charge in [0.1, 0.15) is 5.82 Å². The summed E-state index contributed by atoms with van der Waals surface area (Å²) in [6.45, 7) is 0. The molecule has 1 fully saturated rings. The zero-order chi connectivity index (χ0) is 18.1. The van der Waals surface area contributed by atoms with Crippen molar-refractivity contribution in [2.75, 3.05) is 10.6 Å². The minimum Gasteiger partial charge on any atom is -0.326 e. The Kier molecular flexibility index (Phi) is 4.08. The zero-order valence-corrected chi connectivity index (χ0v) is 13.8. The van der Waals surface area contributed by atoms with E-state index in [1.807, 2.05) is 24.3 Å². The molecular weight excluding hydrogens is 333 g/mol. The number of benzene rings is 2. The summed E-state index contributed by atoms with van der Waals surface area (Å²) in [6, 6.07) is 15.0. The van der Waals surface area contributed by atoms with Gasteiger partial charge in [-0.1, -0.05) is 24.3 Å². The molecule has 2 amide bonds. The van der Waals surface area contributed by atoms with Crippen LogP contribution in [0, 0.1) is 17.7 Å². The lowest BCUT2D eigenvalue weighted by Crippen LogP contribution is -2.20. The fourth-order valence-corrected chi connectivity index (χ4v) is 3.01. The largest absolute Gasteiger partial charge is 0.326 e. The third kappa shape index (κ3) is 3.26. The van der Waals surface area contributed by atoms with Crippen molar-refractivity contribution in [2.45, 2.75) is 6.42 Å². The predicted molar refractivity (Wildman–Crippen MR) is 97.0 cm³/mol. The maximum atomic E-state index is 13.2. The van der Waals surface area contributed by atoms with E-state index in [9.17, 15) is 14.0 Å². The predicted octanol–water partition coefficient (Wildman–Crippen LogP) is 3.59. The van der Waals surface area contributed by atoms with Gasteiger partial charge in [0.05, 0.1) is 23.0 Å². The van der Waals surface area contributed by atoms with E-state index in [1.54, 1.807) is 18.3 Å². The average molecular weight is 349 g/mol. The minimum absolute atomic E-state index is 0.206. The van der Waals surface area contributed by atoms with Crippen molar-refractivity contribution in [3.05, 3.63) is 66.6 Å². The number of halogens is 1. The van der Waals surface area contributed by atoms with Gasteiger partial charge < -0.3 is 10.6 Å². The third-order valence-electron chi connectivity index (χ3n) is 4.45. The number of pyridine rings is 1. The number of hydrogen-bond donors (Lipinski definition) is 2. The molecule has 1 aliphatic carbocycles. The Hall–Kier alpha value is -3.28. The van der Waals surface area contributed by atoms with Gasteiger partial charge in [0, 0.05) is 17.3 Å². The van der Waals surface area contributed by atoms with Gasteiger partial charge in [-0.25, -0.2) is 4.39 Å². The van der Waals surface area contributed by atoms with Crippen LogP contribution in [0.15, 0.2) is 60.8 Å². The van der Waals surface area contributed by atoms with Gasteiger partial charge in [-0.3, -0.25) is 14.6 Å². The molecule has 130 valence electrons.